The fourth-order valence-electron chi connectivity index (χ4n) is 9.97. The quantitative estimate of drug-likeness (QED) is 0.164. The molecule has 64 heavy (non-hydrogen) atoms. The molecule has 0 aliphatic carbocycles. The molecule has 0 unspecified atom stereocenters. The molecule has 6 nitrogen and oxygen atoms in total. The first-order valence-corrected chi connectivity index (χ1v) is 22.6. The molecule has 4 heterocycles. The lowest BCUT2D eigenvalue weighted by atomic mass is 9.33. The van der Waals surface area contributed by atoms with E-state index in [0.29, 0.717) is 0 Å². The summed E-state index contributed by atoms with van der Waals surface area (Å²) in [6, 6.07) is 48.0. The molecule has 0 fully saturated rings. The molecule has 4 aliphatic rings. The van der Waals surface area contributed by atoms with Crippen LogP contribution in [0.3, 0.4) is 0 Å². The molecule has 320 valence electrons. The minimum Gasteiger partial charge on any atom is -0.454 e. The molecule has 0 aromatic heterocycles. The molecule has 11 rings (SSSR count). The highest BCUT2D eigenvalue weighted by Gasteiger charge is 2.45. The van der Waals surface area contributed by atoms with Gasteiger partial charge in [-0.05, 0) is 139 Å². The fraction of sp³-hybridized carbons (Fsp3) is 0.263. The number of fused-ring (bicyclic) bond motifs is 6. The topological polar surface area (TPSA) is 43.4 Å². The maximum absolute atomic E-state index is 6.14. The van der Waals surface area contributed by atoms with Crippen molar-refractivity contribution in [2.24, 2.45) is 0 Å². The van der Waals surface area contributed by atoms with Crippen molar-refractivity contribution < 1.29 is 18.9 Å². The van der Waals surface area contributed by atoms with Gasteiger partial charge in [0.15, 0.2) is 23.0 Å². The maximum atomic E-state index is 6.14. The molecule has 0 spiro atoms. The van der Waals surface area contributed by atoms with Gasteiger partial charge in [0.05, 0.1) is 5.69 Å². The molecule has 0 bridgehead atoms. The Balaban J connectivity index is 1.19. The highest BCUT2D eigenvalue weighted by molar-refractivity contribution is 7.00. The normalized spacial score (nSPS) is 14.7. The summed E-state index contributed by atoms with van der Waals surface area (Å²) in [6.07, 6.45) is 0. The van der Waals surface area contributed by atoms with Gasteiger partial charge in [-0.3, -0.25) is 0 Å². The molecule has 0 atom stereocenters. The molecule has 0 saturated carbocycles. The SMILES string of the molecule is Cc1cc2c3c(c1)N(c1ccc4c(c1)OCO4)c1cc4c(cc1B3c1cc(C(C)(C)C)ccc1N2c1cc(-c2ccc(C(C)(C)C)cc2)cc(-c2ccc(C(C)(C)C)cc2)c1)OCO4. The predicted octanol–water partition coefficient (Wildman–Crippen LogP) is 12.8. The van der Waals surface area contributed by atoms with Crippen molar-refractivity contribution in [3.05, 3.63) is 150 Å². The summed E-state index contributed by atoms with van der Waals surface area (Å²) >= 11 is 0. The van der Waals surface area contributed by atoms with Gasteiger partial charge >= 0.3 is 0 Å². The zero-order valence-electron chi connectivity index (χ0n) is 38.6. The first-order valence-electron chi connectivity index (χ1n) is 22.6. The second kappa shape index (κ2) is 14.2. The lowest BCUT2D eigenvalue weighted by molar-refractivity contribution is 0.173. The van der Waals surface area contributed by atoms with Crippen molar-refractivity contribution in [2.75, 3.05) is 23.4 Å². The zero-order valence-corrected chi connectivity index (χ0v) is 38.6. The van der Waals surface area contributed by atoms with Crippen LogP contribution in [0.4, 0.5) is 34.1 Å². The van der Waals surface area contributed by atoms with Crippen molar-refractivity contribution in [2.45, 2.75) is 85.5 Å². The van der Waals surface area contributed by atoms with Gasteiger partial charge in [-0.15, -0.1) is 0 Å². The number of anilines is 6. The van der Waals surface area contributed by atoms with Gasteiger partial charge in [0.1, 0.15) is 0 Å². The van der Waals surface area contributed by atoms with E-state index in [0.717, 1.165) is 62.7 Å². The first-order chi connectivity index (χ1) is 30.5. The van der Waals surface area contributed by atoms with Gasteiger partial charge in [-0.2, -0.15) is 0 Å². The summed E-state index contributed by atoms with van der Waals surface area (Å²) < 4.78 is 24.0. The Morgan fingerprint density at radius 2 is 0.875 bits per heavy atom. The van der Waals surface area contributed by atoms with E-state index in [1.54, 1.807) is 0 Å². The molecule has 0 saturated heterocycles. The van der Waals surface area contributed by atoms with Crippen LogP contribution in [0.25, 0.3) is 22.3 Å². The predicted molar refractivity (Wildman–Crippen MR) is 264 cm³/mol. The van der Waals surface area contributed by atoms with Crippen LogP contribution in [0, 0.1) is 6.92 Å². The number of hydrogen-bond donors (Lipinski definition) is 0. The number of rotatable bonds is 4. The minimum atomic E-state index is -0.0913. The largest absolute Gasteiger partial charge is 0.454 e. The van der Waals surface area contributed by atoms with Gasteiger partial charge in [0.2, 0.25) is 13.6 Å². The minimum absolute atomic E-state index is 0.0525. The summed E-state index contributed by atoms with van der Waals surface area (Å²) in [6.45, 7) is 23.1. The van der Waals surface area contributed by atoms with Crippen molar-refractivity contribution in [3.8, 4) is 45.3 Å². The number of hydrogen-bond acceptors (Lipinski definition) is 6. The summed E-state index contributed by atoms with van der Waals surface area (Å²) in [7, 11) is 0. The summed E-state index contributed by atoms with van der Waals surface area (Å²) in [5.74, 6) is 3.00. The molecular weight excluding hydrogens is 787 g/mol. The lowest BCUT2D eigenvalue weighted by Gasteiger charge is -2.45. The smallest absolute Gasteiger partial charge is 0.252 e. The molecular formula is C57H55BN2O4. The Morgan fingerprint density at radius 1 is 0.391 bits per heavy atom. The highest BCUT2D eigenvalue weighted by Crippen LogP contribution is 2.50. The number of ether oxygens (including phenoxy) is 4. The third-order valence-electron chi connectivity index (χ3n) is 13.5. The molecule has 4 aliphatic heterocycles. The van der Waals surface area contributed by atoms with Gasteiger partial charge in [0.25, 0.3) is 6.71 Å². The molecule has 0 amide bonds. The summed E-state index contributed by atoms with van der Waals surface area (Å²) in [4.78, 5) is 4.91. The average Bonchev–Trinajstić information content (AvgIpc) is 3.93. The van der Waals surface area contributed by atoms with E-state index in [2.05, 4.69) is 200 Å². The Morgan fingerprint density at radius 3 is 1.44 bits per heavy atom. The molecule has 0 radical (unpaired) electrons. The van der Waals surface area contributed by atoms with E-state index in [-0.39, 0.29) is 36.5 Å². The second-order valence-corrected chi connectivity index (χ2v) is 21.1. The highest BCUT2D eigenvalue weighted by atomic mass is 16.7. The average molecular weight is 843 g/mol. The van der Waals surface area contributed by atoms with E-state index in [4.69, 9.17) is 18.9 Å². The van der Waals surface area contributed by atoms with E-state index in [9.17, 15) is 0 Å². The van der Waals surface area contributed by atoms with Gasteiger partial charge in [-0.25, -0.2) is 0 Å². The number of aryl methyl sites for hydroxylation is 1. The van der Waals surface area contributed by atoms with Crippen LogP contribution in [0.15, 0.2) is 127 Å². The van der Waals surface area contributed by atoms with E-state index < -0.39 is 0 Å². The Bertz CT molecular complexity index is 2950. The monoisotopic (exact) mass is 842 g/mol. The Hall–Kier alpha value is -6.60. The Kier molecular flexibility index (Phi) is 8.92. The van der Waals surface area contributed by atoms with Crippen LogP contribution < -0.4 is 45.1 Å². The standard InChI is InChI=1S/C57H55BN2O4/c1-34-23-48-54-49(24-34)60(43-26-37(35-11-15-39(16-12-35)55(2,3)4)25-38(27-43)36-13-17-40(18-14-36)56(5,6)7)46-21-19-41(57(8,9)10)28-44(46)58(54)45-30-52-53(64-33-63-52)31-47(45)59(48)42-20-22-50-51(29-42)62-32-61-50/h11-31H,32-33H2,1-10H3. The lowest BCUT2D eigenvalue weighted by Crippen LogP contribution is -2.61. The maximum Gasteiger partial charge on any atom is 0.252 e. The molecule has 0 N–H and O–H groups in total. The van der Waals surface area contributed by atoms with Gasteiger partial charge in [-0.1, -0.05) is 123 Å². The summed E-state index contributed by atoms with van der Waals surface area (Å²) in [5, 5.41) is 0. The van der Waals surface area contributed by atoms with Crippen molar-refractivity contribution in [3.63, 3.8) is 0 Å². The van der Waals surface area contributed by atoms with Crippen LogP contribution in [0.5, 0.6) is 23.0 Å². The third kappa shape index (κ3) is 6.62. The van der Waals surface area contributed by atoms with E-state index >= 15 is 0 Å². The van der Waals surface area contributed by atoms with Crippen molar-refractivity contribution in [1.82, 2.24) is 0 Å². The van der Waals surface area contributed by atoms with E-state index in [1.165, 1.54) is 55.3 Å². The fourth-order valence-corrected chi connectivity index (χ4v) is 9.97. The van der Waals surface area contributed by atoms with Gasteiger partial charge in [0, 0.05) is 40.6 Å². The summed E-state index contributed by atoms with van der Waals surface area (Å²) in [5.41, 5.74) is 20.1. The second-order valence-electron chi connectivity index (χ2n) is 21.1. The zero-order chi connectivity index (χ0) is 44.4. The van der Waals surface area contributed by atoms with Crippen LogP contribution in [0.2, 0.25) is 0 Å². The van der Waals surface area contributed by atoms with Crippen molar-refractivity contribution >= 4 is 57.2 Å². The number of benzene rings is 7. The molecule has 7 aromatic carbocycles. The van der Waals surface area contributed by atoms with E-state index in [1.807, 2.05) is 6.07 Å². The first kappa shape index (κ1) is 40.2. The third-order valence-corrected chi connectivity index (χ3v) is 13.5. The van der Waals surface area contributed by atoms with Crippen LogP contribution in [-0.2, 0) is 16.2 Å². The van der Waals surface area contributed by atoms with Crippen LogP contribution in [-0.4, -0.2) is 20.3 Å². The van der Waals surface area contributed by atoms with Gasteiger partial charge < -0.3 is 28.7 Å². The molecule has 7 heteroatoms. The van der Waals surface area contributed by atoms with Crippen molar-refractivity contribution in [1.29, 1.82) is 0 Å². The van der Waals surface area contributed by atoms with Crippen LogP contribution >= 0.6 is 0 Å². The number of nitrogens with zero attached hydrogens (tertiary/aromatic N) is 2. The Labute approximate surface area is 378 Å². The van der Waals surface area contributed by atoms with Crippen LogP contribution in [0.1, 0.15) is 84.6 Å². The molecule has 7 aromatic rings.